The summed E-state index contributed by atoms with van der Waals surface area (Å²) >= 11 is 0. The van der Waals surface area contributed by atoms with E-state index in [2.05, 4.69) is 235 Å². The van der Waals surface area contributed by atoms with Crippen LogP contribution in [0.1, 0.15) is 96.2 Å². The maximum atomic E-state index is 2.70. The summed E-state index contributed by atoms with van der Waals surface area (Å²) in [5.41, 5.74) is 24.4. The van der Waals surface area contributed by atoms with Gasteiger partial charge in [-0.25, -0.2) is 0 Å². The van der Waals surface area contributed by atoms with E-state index in [4.69, 9.17) is 0 Å². The molecule has 2 spiro atoms. The molecule has 360 valence electrons. The van der Waals surface area contributed by atoms with Crippen LogP contribution in [0, 0.1) is 29.1 Å². The minimum absolute atomic E-state index is 0.0950. The van der Waals surface area contributed by atoms with Crippen molar-refractivity contribution in [1.29, 1.82) is 0 Å². The van der Waals surface area contributed by atoms with Gasteiger partial charge in [0.25, 0.3) is 0 Å². The fourth-order valence-corrected chi connectivity index (χ4v) is 18.3. The van der Waals surface area contributed by atoms with E-state index in [0.717, 1.165) is 23.7 Å². The number of hydrogen-bond acceptors (Lipinski definition) is 1. The molecule has 0 bridgehead atoms. The first-order chi connectivity index (χ1) is 37.2. The van der Waals surface area contributed by atoms with Crippen molar-refractivity contribution in [2.75, 3.05) is 4.90 Å². The van der Waals surface area contributed by atoms with Gasteiger partial charge in [-0.05, 0) is 181 Å². The van der Waals surface area contributed by atoms with Gasteiger partial charge in [-0.2, -0.15) is 0 Å². The lowest BCUT2D eigenvalue weighted by molar-refractivity contribution is -0.412. The van der Waals surface area contributed by atoms with Crippen LogP contribution in [0.15, 0.2) is 231 Å². The Morgan fingerprint density at radius 3 is 1.63 bits per heavy atom. The molecule has 10 aromatic carbocycles. The van der Waals surface area contributed by atoms with Crippen LogP contribution in [0.3, 0.4) is 0 Å². The monoisotopic (exact) mass is 961 g/mol. The van der Waals surface area contributed by atoms with E-state index < -0.39 is 5.41 Å². The molecule has 5 fully saturated rings. The van der Waals surface area contributed by atoms with E-state index in [1.807, 2.05) is 0 Å². The number of rotatable bonds is 8. The van der Waals surface area contributed by atoms with E-state index in [1.165, 1.54) is 152 Å². The smallest absolute Gasteiger partial charge is 0.0713 e. The van der Waals surface area contributed by atoms with Gasteiger partial charge in [0, 0.05) is 22.2 Å². The molecule has 0 N–H and O–H groups in total. The lowest BCUT2D eigenvalue weighted by atomic mass is 9.11. The van der Waals surface area contributed by atoms with Crippen LogP contribution in [0.25, 0.3) is 55.3 Å². The molecule has 17 rings (SSSR count). The van der Waals surface area contributed by atoms with Crippen LogP contribution in [0.2, 0.25) is 0 Å². The number of para-hydroxylation sites is 2. The lowest BCUT2D eigenvalue weighted by Crippen LogP contribution is -2.88. The summed E-state index contributed by atoms with van der Waals surface area (Å²) in [6, 6.07) is 89.2. The molecule has 4 unspecified atom stereocenters. The number of fused-ring (bicyclic) bond motifs is 11. The van der Waals surface area contributed by atoms with Crippen LogP contribution in [0.5, 0.6) is 0 Å². The van der Waals surface area contributed by atoms with Gasteiger partial charge in [-0.1, -0.05) is 219 Å². The number of hydrogen-bond donors (Lipinski definition) is 0. The predicted octanol–water partition coefficient (Wildman–Crippen LogP) is 19.0. The van der Waals surface area contributed by atoms with Crippen molar-refractivity contribution in [2.24, 2.45) is 29.1 Å². The minimum atomic E-state index is -0.499. The van der Waals surface area contributed by atoms with E-state index in [-0.39, 0.29) is 5.41 Å². The van der Waals surface area contributed by atoms with E-state index in [0.29, 0.717) is 11.3 Å². The second kappa shape index (κ2) is 15.7. The molecule has 5 saturated carbocycles. The Morgan fingerprint density at radius 1 is 0.373 bits per heavy atom. The third kappa shape index (κ3) is 5.34. The van der Waals surface area contributed by atoms with Gasteiger partial charge in [-0.15, -0.1) is 0 Å². The first-order valence-electron chi connectivity index (χ1n) is 28.3. The highest BCUT2D eigenvalue weighted by Gasteiger charge is 2.90. The average Bonchev–Trinajstić information content (AvgIpc) is 3.12. The molecule has 1 nitrogen and oxygen atoms in total. The van der Waals surface area contributed by atoms with Crippen LogP contribution >= 0.6 is 0 Å². The second-order valence-electron chi connectivity index (χ2n) is 23.6. The zero-order chi connectivity index (χ0) is 49.0. The van der Waals surface area contributed by atoms with Gasteiger partial charge >= 0.3 is 0 Å². The molecular formula is C74H59N. The molecule has 0 amide bonds. The Kier molecular flexibility index (Phi) is 8.89. The molecule has 0 saturated heterocycles. The van der Waals surface area contributed by atoms with Gasteiger partial charge in [0.15, 0.2) is 0 Å². The van der Waals surface area contributed by atoms with Crippen LogP contribution in [-0.4, -0.2) is 0 Å². The summed E-state index contributed by atoms with van der Waals surface area (Å²) in [5.74, 6) is 3.97. The summed E-state index contributed by atoms with van der Waals surface area (Å²) in [6.07, 6.45) is 10.7. The molecule has 7 aliphatic rings. The minimum Gasteiger partial charge on any atom is -0.309 e. The molecule has 0 radical (unpaired) electrons. The maximum absolute atomic E-state index is 2.70. The molecular weight excluding hydrogens is 903 g/mol. The number of benzene rings is 10. The summed E-state index contributed by atoms with van der Waals surface area (Å²) in [7, 11) is 0. The number of anilines is 3. The third-order valence-electron chi connectivity index (χ3n) is 21.0. The molecule has 4 atom stereocenters. The molecule has 10 aromatic rings. The van der Waals surface area contributed by atoms with Crippen LogP contribution in [0.4, 0.5) is 17.1 Å². The molecule has 0 aliphatic heterocycles. The van der Waals surface area contributed by atoms with Gasteiger partial charge in [0.2, 0.25) is 0 Å². The average molecular weight is 962 g/mol. The Labute approximate surface area is 441 Å². The highest BCUT2D eigenvalue weighted by molar-refractivity contribution is 6.05. The van der Waals surface area contributed by atoms with Crippen LogP contribution < -0.4 is 4.90 Å². The SMILES string of the molecule is c1ccc(C2(c3ccccc3)c3ccccc3-c3ccc(-c4ccccc4N(c4ccc5c(c4)C4(c6ccccc6-5)C5CC6CC7CC4C675)c4ccccc4-c4cccc5cccc(C6CCCCC6)c45)cc32)cc1. The van der Waals surface area contributed by atoms with Crippen molar-refractivity contribution in [2.45, 2.75) is 68.1 Å². The third-order valence-corrected chi connectivity index (χ3v) is 21.0. The molecule has 0 heterocycles. The number of nitrogens with zero attached hydrogens (tertiary/aromatic N) is 1. The maximum Gasteiger partial charge on any atom is 0.0713 e. The zero-order valence-electron chi connectivity index (χ0n) is 42.4. The van der Waals surface area contributed by atoms with Crippen molar-refractivity contribution >= 4 is 27.8 Å². The normalized spacial score (nSPS) is 24.5. The van der Waals surface area contributed by atoms with Crippen molar-refractivity contribution in [3.63, 3.8) is 0 Å². The Balaban J connectivity index is 0.909. The van der Waals surface area contributed by atoms with Crippen LogP contribution in [-0.2, 0) is 10.8 Å². The van der Waals surface area contributed by atoms with Gasteiger partial charge in [-0.3, -0.25) is 0 Å². The lowest BCUT2D eigenvalue weighted by Gasteiger charge is -2.92. The first kappa shape index (κ1) is 42.6. The second-order valence-corrected chi connectivity index (χ2v) is 23.6. The van der Waals surface area contributed by atoms with Crippen molar-refractivity contribution in [3.05, 3.63) is 269 Å². The summed E-state index contributed by atoms with van der Waals surface area (Å²) < 4.78 is 0. The Hall–Kier alpha value is -7.74. The highest BCUT2D eigenvalue weighted by atomic mass is 15.1. The first-order valence-corrected chi connectivity index (χ1v) is 28.3. The van der Waals surface area contributed by atoms with E-state index in [9.17, 15) is 0 Å². The molecule has 75 heavy (non-hydrogen) atoms. The van der Waals surface area contributed by atoms with E-state index >= 15 is 0 Å². The fourth-order valence-electron chi connectivity index (χ4n) is 18.3. The predicted molar refractivity (Wildman–Crippen MR) is 309 cm³/mol. The highest BCUT2D eigenvalue weighted by Crippen LogP contribution is 2.95. The molecule has 0 aromatic heterocycles. The van der Waals surface area contributed by atoms with Crippen molar-refractivity contribution in [1.82, 2.24) is 0 Å². The standard InChI is InChI=1S/C74H59N/c1-4-20-47(21-5-1)56-32-18-22-48-23-19-33-62(71(48)56)61-31-13-17-37-68(61)75(54-39-41-60-58-30-11-15-35-64(58)74(66(60)46-54)69-44-52-43-53-45-70(74)73(52,53)69)67-36-16-12-28-55(67)49-38-40-59-57-29-10-14-34-63(57)72(65(59)42-49,50-24-6-2-7-25-50)51-26-8-3-9-27-51/h2-3,6-19,22-42,46-47,52-53,69-70H,1,4-5,20-21,43-45H2. The van der Waals surface area contributed by atoms with Crippen molar-refractivity contribution in [3.8, 4) is 44.5 Å². The van der Waals surface area contributed by atoms with Gasteiger partial charge in [0.1, 0.15) is 0 Å². The fraction of sp³-hybridized carbons (Fsp3) is 0.216. The Morgan fingerprint density at radius 2 is 0.920 bits per heavy atom. The largest absolute Gasteiger partial charge is 0.309 e. The molecule has 1 heteroatoms. The van der Waals surface area contributed by atoms with E-state index in [1.54, 1.807) is 11.1 Å². The summed E-state index contributed by atoms with van der Waals surface area (Å²) in [6.45, 7) is 0. The molecule has 7 aliphatic carbocycles. The quantitative estimate of drug-likeness (QED) is 0.147. The summed E-state index contributed by atoms with van der Waals surface area (Å²) in [5, 5.41) is 2.76. The zero-order valence-corrected chi connectivity index (χ0v) is 42.4. The van der Waals surface area contributed by atoms with Crippen molar-refractivity contribution < 1.29 is 0 Å². The Bertz CT molecular complexity index is 3900. The summed E-state index contributed by atoms with van der Waals surface area (Å²) in [4.78, 5) is 2.68. The topological polar surface area (TPSA) is 3.24 Å². The van der Waals surface area contributed by atoms with Gasteiger partial charge in [0.05, 0.1) is 16.8 Å². The van der Waals surface area contributed by atoms with Gasteiger partial charge < -0.3 is 4.90 Å².